The Hall–Kier alpha value is -3.51. The molecular formula is C25H25F3N7O2. The van der Waals surface area contributed by atoms with Crippen LogP contribution in [-0.2, 0) is 12.8 Å². The Morgan fingerprint density at radius 1 is 1.14 bits per heavy atom. The van der Waals surface area contributed by atoms with Gasteiger partial charge in [-0.3, -0.25) is 9.58 Å². The molecule has 5 heterocycles. The summed E-state index contributed by atoms with van der Waals surface area (Å²) in [7, 11) is 0. The molecule has 12 heteroatoms. The van der Waals surface area contributed by atoms with Gasteiger partial charge in [0.05, 0.1) is 24.5 Å². The number of aromatic nitrogens is 6. The van der Waals surface area contributed by atoms with Gasteiger partial charge in [0.25, 0.3) is 0 Å². The smallest absolute Gasteiger partial charge is 0.433 e. The average molecular weight is 513 g/mol. The van der Waals surface area contributed by atoms with Crippen molar-refractivity contribution in [2.75, 3.05) is 13.1 Å². The zero-order valence-corrected chi connectivity index (χ0v) is 19.8. The normalized spacial score (nSPS) is 18.4. The van der Waals surface area contributed by atoms with E-state index < -0.39 is 18.5 Å². The Labute approximate surface area is 210 Å². The van der Waals surface area contributed by atoms with E-state index in [1.54, 1.807) is 6.33 Å². The van der Waals surface area contributed by atoms with Crippen LogP contribution < -0.4 is 4.74 Å². The van der Waals surface area contributed by atoms with Gasteiger partial charge in [0.2, 0.25) is 5.88 Å². The number of nitrogens with zero attached hydrogens (tertiary/aromatic N) is 6. The minimum absolute atomic E-state index is 0.0910. The minimum Gasteiger partial charge on any atom is -0.474 e. The first-order valence-corrected chi connectivity index (χ1v) is 12.2. The summed E-state index contributed by atoms with van der Waals surface area (Å²) in [6.45, 7) is 1.09. The number of piperidine rings is 1. The molecule has 0 amide bonds. The third kappa shape index (κ3) is 4.78. The van der Waals surface area contributed by atoms with Crippen LogP contribution in [0.15, 0.2) is 43.1 Å². The van der Waals surface area contributed by atoms with Crippen LogP contribution >= 0.6 is 0 Å². The number of nitrogens with one attached hydrogen (secondary N) is 1. The Morgan fingerprint density at radius 2 is 1.95 bits per heavy atom. The molecule has 4 aromatic heterocycles. The molecule has 1 aliphatic carbocycles. The topological polar surface area (TPSA) is 105 Å². The van der Waals surface area contributed by atoms with Gasteiger partial charge in [-0.15, -0.1) is 0 Å². The van der Waals surface area contributed by atoms with Crippen LogP contribution in [0.3, 0.4) is 0 Å². The molecule has 1 saturated carbocycles. The molecule has 0 bridgehead atoms. The first-order chi connectivity index (χ1) is 17.9. The predicted octanol–water partition coefficient (Wildman–Crippen LogP) is 3.81. The van der Waals surface area contributed by atoms with E-state index >= 15 is 0 Å². The maximum Gasteiger partial charge on any atom is 0.433 e. The van der Waals surface area contributed by atoms with E-state index in [-0.39, 0.29) is 17.5 Å². The van der Waals surface area contributed by atoms with E-state index in [0.717, 1.165) is 54.3 Å². The maximum absolute atomic E-state index is 13.1. The maximum atomic E-state index is 13.1. The Bertz CT molecular complexity index is 1390. The molecule has 1 radical (unpaired) electrons. The van der Waals surface area contributed by atoms with Crippen molar-refractivity contribution in [1.29, 1.82) is 0 Å². The predicted molar refractivity (Wildman–Crippen MR) is 127 cm³/mol. The highest BCUT2D eigenvalue weighted by molar-refractivity contribution is 5.90. The third-order valence-electron chi connectivity index (χ3n) is 7.09. The lowest BCUT2D eigenvalue weighted by molar-refractivity contribution is -0.141. The van der Waals surface area contributed by atoms with Crippen LogP contribution in [0.25, 0.3) is 22.3 Å². The van der Waals surface area contributed by atoms with Crippen molar-refractivity contribution in [2.45, 2.75) is 50.6 Å². The van der Waals surface area contributed by atoms with E-state index in [2.05, 4.69) is 29.9 Å². The number of rotatable bonds is 6. The Kier molecular flexibility index (Phi) is 6.07. The van der Waals surface area contributed by atoms with E-state index in [1.165, 1.54) is 12.1 Å². The van der Waals surface area contributed by atoms with E-state index in [0.29, 0.717) is 18.9 Å². The summed E-state index contributed by atoms with van der Waals surface area (Å²) in [5.74, 6) is -0.0910. The Balaban J connectivity index is 1.03. The molecule has 1 aliphatic heterocycles. The summed E-state index contributed by atoms with van der Waals surface area (Å²) in [5, 5.41) is 14.8. The van der Waals surface area contributed by atoms with Gasteiger partial charge < -0.3 is 14.8 Å². The lowest BCUT2D eigenvalue weighted by Gasteiger charge is -2.45. The number of hydrogen-bond donors (Lipinski definition) is 2. The van der Waals surface area contributed by atoms with Crippen molar-refractivity contribution in [3.63, 3.8) is 0 Å². The second-order valence-corrected chi connectivity index (χ2v) is 9.47. The highest BCUT2D eigenvalue weighted by Crippen LogP contribution is 2.37. The zero-order chi connectivity index (χ0) is 25.6. The van der Waals surface area contributed by atoms with E-state index in [1.807, 2.05) is 29.3 Å². The van der Waals surface area contributed by atoms with E-state index in [4.69, 9.17) is 4.74 Å². The summed E-state index contributed by atoms with van der Waals surface area (Å²) in [6, 6.07) is 5.81. The largest absolute Gasteiger partial charge is 0.474 e. The quantitative estimate of drug-likeness (QED) is 0.405. The number of likely N-dealkylation sites (tertiary alicyclic amines) is 1. The molecule has 0 aromatic carbocycles. The van der Waals surface area contributed by atoms with Crippen molar-refractivity contribution in [1.82, 2.24) is 34.6 Å². The Morgan fingerprint density at radius 3 is 2.70 bits per heavy atom. The fraction of sp³-hybridized carbons (Fsp3) is 0.400. The van der Waals surface area contributed by atoms with Gasteiger partial charge >= 0.3 is 6.18 Å². The highest BCUT2D eigenvalue weighted by Gasteiger charge is 2.38. The molecule has 37 heavy (non-hydrogen) atoms. The number of pyridine rings is 1. The van der Waals surface area contributed by atoms with Crippen LogP contribution in [-0.4, -0.2) is 65.0 Å². The molecule has 1 saturated heterocycles. The van der Waals surface area contributed by atoms with Crippen LogP contribution in [0.4, 0.5) is 13.2 Å². The summed E-state index contributed by atoms with van der Waals surface area (Å²) >= 11 is 0. The zero-order valence-electron chi connectivity index (χ0n) is 19.8. The fourth-order valence-electron chi connectivity index (χ4n) is 5.04. The summed E-state index contributed by atoms with van der Waals surface area (Å²) in [6.07, 6.45) is 5.61. The second-order valence-electron chi connectivity index (χ2n) is 9.47. The molecule has 2 N–H and O–H groups in total. The van der Waals surface area contributed by atoms with Crippen LogP contribution in [0.1, 0.15) is 36.9 Å². The molecule has 0 atom stereocenters. The van der Waals surface area contributed by atoms with Gasteiger partial charge in [-0.2, -0.15) is 18.3 Å². The first kappa shape index (κ1) is 23.9. The number of halogens is 3. The summed E-state index contributed by atoms with van der Waals surface area (Å²) in [5.41, 5.74) is 1.65. The van der Waals surface area contributed by atoms with Gasteiger partial charge in [0.15, 0.2) is 0 Å². The second kappa shape index (κ2) is 9.42. The highest BCUT2D eigenvalue weighted by atomic mass is 19.4. The van der Waals surface area contributed by atoms with Crippen LogP contribution in [0, 0.1) is 6.04 Å². The molecule has 9 nitrogen and oxygen atoms in total. The molecular weight excluding hydrogens is 487 g/mol. The number of aromatic amines is 1. The number of alkyl halides is 3. The minimum atomic E-state index is -4.59. The lowest BCUT2D eigenvalue weighted by Crippen LogP contribution is -2.50. The van der Waals surface area contributed by atoms with Gasteiger partial charge in [-0.25, -0.2) is 15.0 Å². The average Bonchev–Trinajstić information content (AvgIpc) is 3.53. The van der Waals surface area contributed by atoms with Crippen molar-refractivity contribution < 1.29 is 23.0 Å². The number of hydrogen-bond acceptors (Lipinski definition) is 7. The van der Waals surface area contributed by atoms with Crippen LogP contribution in [0.5, 0.6) is 5.88 Å². The first-order valence-electron chi connectivity index (χ1n) is 12.2. The van der Waals surface area contributed by atoms with Gasteiger partial charge in [0, 0.05) is 48.5 Å². The number of ether oxygens (including phenoxy) is 1. The number of aliphatic hydroxyl groups is 1. The van der Waals surface area contributed by atoms with Gasteiger partial charge in [-0.05, 0) is 43.4 Å². The van der Waals surface area contributed by atoms with E-state index in [9.17, 15) is 18.3 Å². The SMILES string of the molecule is OCc1cc(OC2CCN(C3C[C](n4cc(-c5ncnc6[nH]ccc56)cn4)C3)CC2)nc(C(F)(F)F)c1. The van der Waals surface area contributed by atoms with Crippen LogP contribution in [0.2, 0.25) is 0 Å². The number of H-pyrrole nitrogens is 1. The molecule has 2 fully saturated rings. The number of fused-ring (bicyclic) bond motifs is 1. The van der Waals surface area contributed by atoms with Gasteiger partial charge in [-0.1, -0.05) is 0 Å². The molecule has 6 rings (SSSR count). The molecule has 4 aromatic rings. The van der Waals surface area contributed by atoms with Crippen molar-refractivity contribution in [3.05, 3.63) is 60.4 Å². The monoisotopic (exact) mass is 512 g/mol. The van der Waals surface area contributed by atoms with Crippen molar-refractivity contribution in [2.24, 2.45) is 0 Å². The third-order valence-corrected chi connectivity index (χ3v) is 7.09. The van der Waals surface area contributed by atoms with Gasteiger partial charge in [0.1, 0.15) is 23.8 Å². The molecule has 0 unspecified atom stereocenters. The summed E-state index contributed by atoms with van der Waals surface area (Å²) in [4.78, 5) is 17.8. The molecule has 193 valence electrons. The number of aliphatic hydroxyl groups excluding tert-OH is 1. The molecule has 0 spiro atoms. The lowest BCUT2D eigenvalue weighted by atomic mass is 9.84. The van der Waals surface area contributed by atoms with Crippen molar-refractivity contribution >= 4 is 11.0 Å². The summed E-state index contributed by atoms with van der Waals surface area (Å²) < 4.78 is 47.1. The molecule has 2 aliphatic rings. The fourth-order valence-corrected chi connectivity index (χ4v) is 5.04. The standard InChI is InChI=1S/C25H25F3N7O2/c26-25(27,28)21-7-15(13-36)8-22(33-21)37-19-2-5-34(6-3-19)17-9-18(10-17)35-12-16(11-32-35)23-20-1-4-29-24(20)31-14-30-23/h1,4,7-8,11-12,14,17,19,36H,2-3,5-6,9-10,13H2,(H,29,30,31). The van der Waals surface area contributed by atoms with Crippen molar-refractivity contribution in [3.8, 4) is 17.1 Å².